The zero-order chi connectivity index (χ0) is 14.8. The van der Waals surface area contributed by atoms with Crippen LogP contribution < -0.4 is 0 Å². The lowest BCUT2D eigenvalue weighted by molar-refractivity contribution is -0.131. The maximum atomic E-state index is 10.6. The van der Waals surface area contributed by atoms with Gasteiger partial charge in [0, 0.05) is 6.08 Å². The van der Waals surface area contributed by atoms with Crippen LogP contribution in [0, 0.1) is 17.3 Å². The third-order valence-electron chi connectivity index (χ3n) is 4.13. The van der Waals surface area contributed by atoms with Crippen LogP contribution in [0.5, 0.6) is 0 Å². The van der Waals surface area contributed by atoms with Crippen molar-refractivity contribution in [1.29, 1.82) is 0 Å². The number of hydrogen-bond donors (Lipinski definition) is 3. The molecule has 4 heteroatoms. The molecule has 0 heterocycles. The molecule has 0 saturated heterocycles. The van der Waals surface area contributed by atoms with Crippen molar-refractivity contribution >= 4 is 5.97 Å². The first-order chi connectivity index (χ1) is 8.66. The Morgan fingerprint density at radius 2 is 1.89 bits per heavy atom. The van der Waals surface area contributed by atoms with Gasteiger partial charge in [-0.3, -0.25) is 0 Å². The van der Waals surface area contributed by atoms with Crippen molar-refractivity contribution < 1.29 is 20.1 Å². The molecule has 1 aliphatic rings. The molecule has 3 N–H and O–H groups in total. The van der Waals surface area contributed by atoms with E-state index in [0.717, 1.165) is 6.08 Å². The predicted molar refractivity (Wildman–Crippen MR) is 73.6 cm³/mol. The molecule has 0 aromatic heterocycles. The summed E-state index contributed by atoms with van der Waals surface area (Å²) in [6.07, 6.45) is 3.99. The SMILES string of the molecule is CC(C=CC1C(C)CC(O)C(O)C1(C)C)=CC(=O)O. The molecule has 4 unspecified atom stereocenters. The van der Waals surface area contributed by atoms with Gasteiger partial charge in [-0.1, -0.05) is 32.9 Å². The number of rotatable bonds is 3. The maximum absolute atomic E-state index is 10.6. The number of carboxylic acid groups (broad SMARTS) is 1. The number of aliphatic hydroxyl groups excluding tert-OH is 2. The minimum Gasteiger partial charge on any atom is -0.478 e. The molecular weight excluding hydrogens is 244 g/mol. The molecule has 19 heavy (non-hydrogen) atoms. The summed E-state index contributed by atoms with van der Waals surface area (Å²) in [5.41, 5.74) is 0.230. The molecule has 1 rings (SSSR count). The second kappa shape index (κ2) is 5.88. The van der Waals surface area contributed by atoms with Gasteiger partial charge in [-0.05, 0) is 36.2 Å². The molecule has 4 atom stereocenters. The molecule has 0 bridgehead atoms. The Morgan fingerprint density at radius 1 is 1.32 bits per heavy atom. The molecule has 0 aromatic carbocycles. The molecule has 0 aromatic rings. The Labute approximate surface area is 114 Å². The highest BCUT2D eigenvalue weighted by atomic mass is 16.4. The Balaban J connectivity index is 2.92. The van der Waals surface area contributed by atoms with E-state index in [4.69, 9.17) is 5.11 Å². The van der Waals surface area contributed by atoms with Gasteiger partial charge < -0.3 is 15.3 Å². The largest absolute Gasteiger partial charge is 0.478 e. The van der Waals surface area contributed by atoms with Gasteiger partial charge in [-0.2, -0.15) is 0 Å². The van der Waals surface area contributed by atoms with Crippen LogP contribution in [0.15, 0.2) is 23.8 Å². The van der Waals surface area contributed by atoms with Crippen molar-refractivity contribution in [2.45, 2.75) is 46.3 Å². The van der Waals surface area contributed by atoms with Crippen LogP contribution in [0.25, 0.3) is 0 Å². The fourth-order valence-electron chi connectivity index (χ4n) is 3.02. The molecule has 0 amide bonds. The van der Waals surface area contributed by atoms with E-state index in [1.807, 2.05) is 26.8 Å². The third-order valence-corrected chi connectivity index (χ3v) is 4.13. The summed E-state index contributed by atoms with van der Waals surface area (Å²) in [5.74, 6) is -0.626. The molecule has 1 aliphatic carbocycles. The summed E-state index contributed by atoms with van der Waals surface area (Å²) >= 11 is 0. The van der Waals surface area contributed by atoms with Crippen LogP contribution in [0.3, 0.4) is 0 Å². The van der Waals surface area contributed by atoms with Crippen molar-refractivity contribution in [3.63, 3.8) is 0 Å². The first-order valence-corrected chi connectivity index (χ1v) is 6.61. The van der Waals surface area contributed by atoms with Gasteiger partial charge in [0.15, 0.2) is 0 Å². The van der Waals surface area contributed by atoms with E-state index >= 15 is 0 Å². The van der Waals surface area contributed by atoms with Gasteiger partial charge in [0.05, 0.1) is 12.2 Å². The number of aliphatic carboxylic acids is 1. The smallest absolute Gasteiger partial charge is 0.328 e. The minimum atomic E-state index is -0.964. The van der Waals surface area contributed by atoms with Gasteiger partial charge in [-0.15, -0.1) is 0 Å². The van der Waals surface area contributed by atoms with E-state index in [2.05, 4.69) is 0 Å². The number of hydrogen-bond acceptors (Lipinski definition) is 3. The summed E-state index contributed by atoms with van der Waals surface area (Å²) in [6, 6.07) is 0. The quantitative estimate of drug-likeness (QED) is 0.540. The lowest BCUT2D eigenvalue weighted by atomic mass is 9.61. The van der Waals surface area contributed by atoms with Gasteiger partial charge in [-0.25, -0.2) is 4.79 Å². The number of carbonyl (C=O) groups is 1. The van der Waals surface area contributed by atoms with Crippen molar-refractivity contribution in [2.24, 2.45) is 17.3 Å². The van der Waals surface area contributed by atoms with Crippen molar-refractivity contribution in [1.82, 2.24) is 0 Å². The normalized spacial score (nSPS) is 35.6. The van der Waals surface area contributed by atoms with E-state index in [1.54, 1.807) is 13.0 Å². The fraction of sp³-hybridized carbons (Fsp3) is 0.667. The van der Waals surface area contributed by atoms with Gasteiger partial charge in [0.2, 0.25) is 0 Å². The van der Waals surface area contributed by atoms with Crippen LogP contribution in [-0.4, -0.2) is 33.5 Å². The highest BCUT2D eigenvalue weighted by Gasteiger charge is 2.46. The summed E-state index contributed by atoms with van der Waals surface area (Å²) in [6.45, 7) is 7.64. The Hall–Kier alpha value is -1.13. The van der Waals surface area contributed by atoms with E-state index in [0.29, 0.717) is 12.0 Å². The Bertz CT molecular complexity index is 395. The van der Waals surface area contributed by atoms with Crippen LogP contribution in [0.2, 0.25) is 0 Å². The molecule has 0 aliphatic heterocycles. The molecule has 4 nitrogen and oxygen atoms in total. The zero-order valence-corrected chi connectivity index (χ0v) is 12.0. The van der Waals surface area contributed by atoms with E-state index in [9.17, 15) is 15.0 Å². The lowest BCUT2D eigenvalue weighted by Gasteiger charge is -2.47. The Morgan fingerprint density at radius 3 is 2.42 bits per heavy atom. The molecule has 108 valence electrons. The molecule has 0 spiro atoms. The molecular formula is C15H24O4. The minimum absolute atomic E-state index is 0.100. The molecule has 1 saturated carbocycles. The van der Waals surface area contributed by atoms with Gasteiger partial charge in [0.25, 0.3) is 0 Å². The molecule has 0 radical (unpaired) electrons. The van der Waals surface area contributed by atoms with Crippen molar-refractivity contribution in [3.8, 4) is 0 Å². The van der Waals surface area contributed by atoms with Crippen LogP contribution in [0.4, 0.5) is 0 Å². The summed E-state index contributed by atoms with van der Waals surface area (Å²) in [5, 5.41) is 28.6. The van der Waals surface area contributed by atoms with Gasteiger partial charge in [0.1, 0.15) is 0 Å². The summed E-state index contributed by atoms with van der Waals surface area (Å²) < 4.78 is 0. The first kappa shape index (κ1) is 15.9. The zero-order valence-electron chi connectivity index (χ0n) is 12.0. The Kier molecular flexibility index (Phi) is 4.93. The predicted octanol–water partition coefficient (Wildman–Crippen LogP) is 1.98. The number of allylic oxidation sites excluding steroid dienone is 3. The van der Waals surface area contributed by atoms with Crippen molar-refractivity contribution in [2.75, 3.05) is 0 Å². The second-order valence-corrected chi connectivity index (χ2v) is 6.16. The average molecular weight is 268 g/mol. The third kappa shape index (κ3) is 3.67. The maximum Gasteiger partial charge on any atom is 0.328 e. The first-order valence-electron chi connectivity index (χ1n) is 6.61. The van der Waals surface area contributed by atoms with E-state index < -0.39 is 23.6 Å². The van der Waals surface area contributed by atoms with E-state index in [1.165, 1.54) is 0 Å². The second-order valence-electron chi connectivity index (χ2n) is 6.16. The van der Waals surface area contributed by atoms with Crippen LogP contribution in [0.1, 0.15) is 34.1 Å². The lowest BCUT2D eigenvalue weighted by Crippen LogP contribution is -2.51. The van der Waals surface area contributed by atoms with Crippen molar-refractivity contribution in [3.05, 3.63) is 23.8 Å². The summed E-state index contributed by atoms with van der Waals surface area (Å²) in [7, 11) is 0. The average Bonchev–Trinajstić information content (AvgIpc) is 2.24. The van der Waals surface area contributed by atoms with Crippen LogP contribution in [-0.2, 0) is 4.79 Å². The monoisotopic (exact) mass is 268 g/mol. The topological polar surface area (TPSA) is 77.8 Å². The summed E-state index contributed by atoms with van der Waals surface area (Å²) in [4.78, 5) is 10.6. The van der Waals surface area contributed by atoms with Crippen LogP contribution >= 0.6 is 0 Å². The van der Waals surface area contributed by atoms with E-state index in [-0.39, 0.29) is 11.8 Å². The number of carboxylic acids is 1. The standard InChI is InChI=1S/C15H24O4/c1-9(7-13(17)18)5-6-11-10(2)8-12(16)14(19)15(11,3)4/h5-7,10-12,14,16,19H,8H2,1-4H3,(H,17,18). The van der Waals surface area contributed by atoms with Gasteiger partial charge >= 0.3 is 5.97 Å². The molecule has 1 fully saturated rings. The fourth-order valence-corrected chi connectivity index (χ4v) is 3.02. The highest BCUT2D eigenvalue weighted by Crippen LogP contribution is 2.45. The number of aliphatic hydroxyl groups is 2. The highest BCUT2D eigenvalue weighted by molar-refractivity contribution is 5.81.